The van der Waals surface area contributed by atoms with Gasteiger partial charge in [0, 0.05) is 38.5 Å². The number of rotatable bonds is 0. The van der Waals surface area contributed by atoms with Crippen LogP contribution in [0.2, 0.25) is 0 Å². The Balaban J connectivity index is 1.47. The standard InChI is InChI=1S/C41H32O2/c1-39(2)28-17-11-10-16-24(28)32-34(39)31-23-15-9-12-18-29(23)40(3,4)35(31)33-27-19-25-26(20-30(27)41(5,6)36(32)33)38(43)22-14-8-7-13-21(22)37(25)42/h7-20H,1-6H3. The van der Waals surface area contributed by atoms with Crippen LogP contribution in [0.1, 0.15) is 107 Å². The Morgan fingerprint density at radius 1 is 0.372 bits per heavy atom. The van der Waals surface area contributed by atoms with Gasteiger partial charge in [0.15, 0.2) is 11.6 Å². The molecule has 0 unspecified atom stereocenters. The Bertz CT molecular complexity index is 2190. The van der Waals surface area contributed by atoms with Crippen molar-refractivity contribution in [2.45, 2.75) is 57.8 Å². The Labute approximate surface area is 252 Å². The van der Waals surface area contributed by atoms with Crippen molar-refractivity contribution in [3.8, 4) is 33.4 Å². The van der Waals surface area contributed by atoms with Gasteiger partial charge in [-0.15, -0.1) is 0 Å². The van der Waals surface area contributed by atoms with Crippen molar-refractivity contribution in [2.75, 3.05) is 0 Å². The fraction of sp³-hybridized carbons (Fsp3) is 0.220. The lowest BCUT2D eigenvalue weighted by molar-refractivity contribution is 0.0979. The van der Waals surface area contributed by atoms with Crippen LogP contribution in [-0.2, 0) is 16.2 Å². The minimum Gasteiger partial charge on any atom is -0.289 e. The maximum atomic E-state index is 14.0. The van der Waals surface area contributed by atoms with Crippen molar-refractivity contribution in [2.24, 2.45) is 0 Å². The van der Waals surface area contributed by atoms with E-state index in [1.165, 1.54) is 55.6 Å². The molecule has 0 N–H and O–H groups in total. The molecule has 4 aliphatic rings. The minimum absolute atomic E-state index is 0.0607. The average Bonchev–Trinajstić information content (AvgIpc) is 3.48. The monoisotopic (exact) mass is 556 g/mol. The molecule has 0 radical (unpaired) electrons. The first-order chi connectivity index (χ1) is 20.5. The summed E-state index contributed by atoms with van der Waals surface area (Å²) in [6.45, 7) is 14.1. The van der Waals surface area contributed by atoms with Crippen molar-refractivity contribution >= 4 is 11.6 Å². The highest BCUT2D eigenvalue weighted by Gasteiger charge is 2.52. The van der Waals surface area contributed by atoms with Crippen molar-refractivity contribution in [1.82, 2.24) is 0 Å². The molecule has 0 fully saturated rings. The molecular weight excluding hydrogens is 524 g/mol. The van der Waals surface area contributed by atoms with E-state index in [0.29, 0.717) is 22.3 Å². The van der Waals surface area contributed by atoms with E-state index < -0.39 is 0 Å². The molecule has 0 heterocycles. The van der Waals surface area contributed by atoms with Gasteiger partial charge in [0.2, 0.25) is 0 Å². The lowest BCUT2D eigenvalue weighted by atomic mass is 9.71. The third-order valence-corrected chi connectivity index (χ3v) is 11.1. The molecule has 208 valence electrons. The number of fused-ring (bicyclic) bond motifs is 14. The van der Waals surface area contributed by atoms with Crippen LogP contribution < -0.4 is 0 Å². The summed E-state index contributed by atoms with van der Waals surface area (Å²) in [6.07, 6.45) is 0. The number of carbonyl (C=O) groups is 2. The summed E-state index contributed by atoms with van der Waals surface area (Å²) in [5, 5.41) is 0. The van der Waals surface area contributed by atoms with Gasteiger partial charge in [-0.1, -0.05) is 114 Å². The van der Waals surface area contributed by atoms with Crippen LogP contribution in [-0.4, -0.2) is 11.6 Å². The summed E-state index contributed by atoms with van der Waals surface area (Å²) in [5.41, 5.74) is 16.8. The molecule has 43 heavy (non-hydrogen) atoms. The predicted octanol–water partition coefficient (Wildman–Crippen LogP) is 9.38. The summed E-state index contributed by atoms with van der Waals surface area (Å²) < 4.78 is 0. The number of ketones is 2. The highest BCUT2D eigenvalue weighted by atomic mass is 16.1. The molecule has 0 aliphatic heterocycles. The van der Waals surface area contributed by atoms with Gasteiger partial charge in [-0.2, -0.15) is 0 Å². The molecule has 2 nitrogen and oxygen atoms in total. The maximum absolute atomic E-state index is 14.0. The molecule has 5 aromatic carbocycles. The van der Waals surface area contributed by atoms with E-state index in [4.69, 9.17) is 0 Å². The van der Waals surface area contributed by atoms with E-state index in [-0.39, 0.29) is 27.8 Å². The summed E-state index contributed by atoms with van der Waals surface area (Å²) in [5.74, 6) is -0.125. The smallest absolute Gasteiger partial charge is 0.194 e. The van der Waals surface area contributed by atoms with Gasteiger partial charge < -0.3 is 0 Å². The SMILES string of the molecule is CC1(C)c2ccccc2-c2c1c1c(c3c2C(C)(C)c2cc4c(cc2-3)C(=O)c2ccccc2C4=O)C(C)(C)c2ccccc2-1. The van der Waals surface area contributed by atoms with Gasteiger partial charge in [0.1, 0.15) is 0 Å². The van der Waals surface area contributed by atoms with E-state index in [1.807, 2.05) is 12.1 Å². The molecule has 0 aromatic heterocycles. The lowest BCUT2D eigenvalue weighted by Crippen LogP contribution is -2.23. The first-order valence-corrected chi connectivity index (χ1v) is 15.3. The first kappa shape index (κ1) is 25.0. The highest BCUT2D eigenvalue weighted by Crippen LogP contribution is 2.67. The zero-order valence-electron chi connectivity index (χ0n) is 25.4. The van der Waals surface area contributed by atoms with E-state index >= 15 is 0 Å². The minimum atomic E-state index is -0.377. The molecule has 0 amide bonds. The third-order valence-electron chi connectivity index (χ3n) is 11.1. The average molecular weight is 557 g/mol. The van der Waals surface area contributed by atoms with Crippen molar-refractivity contribution in [3.63, 3.8) is 0 Å². The van der Waals surface area contributed by atoms with Crippen LogP contribution in [0.3, 0.4) is 0 Å². The first-order valence-electron chi connectivity index (χ1n) is 15.3. The lowest BCUT2D eigenvalue weighted by Gasteiger charge is -2.31. The Kier molecular flexibility index (Phi) is 4.36. The number of benzene rings is 5. The van der Waals surface area contributed by atoms with Gasteiger partial charge in [-0.25, -0.2) is 0 Å². The summed E-state index contributed by atoms with van der Waals surface area (Å²) in [4.78, 5) is 27.8. The number of hydrogen-bond donors (Lipinski definition) is 0. The quantitative estimate of drug-likeness (QED) is 0.187. The molecule has 0 spiro atoms. The Hall–Kier alpha value is -4.56. The molecule has 0 saturated carbocycles. The van der Waals surface area contributed by atoms with Gasteiger partial charge in [0.05, 0.1) is 0 Å². The Morgan fingerprint density at radius 3 is 1.19 bits per heavy atom. The fourth-order valence-corrected chi connectivity index (χ4v) is 9.20. The zero-order chi connectivity index (χ0) is 29.8. The summed E-state index contributed by atoms with van der Waals surface area (Å²) in [6, 6.07) is 29.2. The molecule has 4 aliphatic carbocycles. The second kappa shape index (κ2) is 7.50. The van der Waals surface area contributed by atoms with Crippen molar-refractivity contribution < 1.29 is 9.59 Å². The van der Waals surface area contributed by atoms with Crippen LogP contribution in [0, 0.1) is 0 Å². The second-order valence-electron chi connectivity index (χ2n) is 14.4. The van der Waals surface area contributed by atoms with Crippen molar-refractivity contribution in [1.29, 1.82) is 0 Å². The predicted molar refractivity (Wildman–Crippen MR) is 172 cm³/mol. The molecular formula is C41H32O2. The topological polar surface area (TPSA) is 34.1 Å². The van der Waals surface area contributed by atoms with Gasteiger partial charge in [0.25, 0.3) is 0 Å². The Morgan fingerprint density at radius 2 is 0.721 bits per heavy atom. The molecule has 5 aromatic rings. The maximum Gasteiger partial charge on any atom is 0.194 e. The molecule has 0 bridgehead atoms. The summed E-state index contributed by atoms with van der Waals surface area (Å²) >= 11 is 0. The summed E-state index contributed by atoms with van der Waals surface area (Å²) in [7, 11) is 0. The highest BCUT2D eigenvalue weighted by molar-refractivity contribution is 6.29. The van der Waals surface area contributed by atoms with Crippen molar-refractivity contribution in [3.05, 3.63) is 141 Å². The van der Waals surface area contributed by atoms with Gasteiger partial charge in [-0.3, -0.25) is 9.59 Å². The van der Waals surface area contributed by atoms with E-state index in [0.717, 1.165) is 11.1 Å². The third kappa shape index (κ3) is 2.68. The molecule has 2 heteroatoms. The zero-order valence-corrected chi connectivity index (χ0v) is 25.4. The molecule has 9 rings (SSSR count). The van der Waals surface area contributed by atoms with Crippen LogP contribution in [0.4, 0.5) is 0 Å². The van der Waals surface area contributed by atoms with E-state index in [2.05, 4.69) is 102 Å². The van der Waals surface area contributed by atoms with Crippen LogP contribution >= 0.6 is 0 Å². The van der Waals surface area contributed by atoms with Crippen LogP contribution in [0.15, 0.2) is 84.9 Å². The second-order valence-corrected chi connectivity index (χ2v) is 14.4. The van der Waals surface area contributed by atoms with E-state index in [9.17, 15) is 9.59 Å². The van der Waals surface area contributed by atoms with E-state index in [1.54, 1.807) is 12.1 Å². The fourth-order valence-electron chi connectivity index (χ4n) is 9.20. The van der Waals surface area contributed by atoms with Gasteiger partial charge >= 0.3 is 0 Å². The number of hydrogen-bond acceptors (Lipinski definition) is 2. The molecule has 0 saturated heterocycles. The molecule has 0 atom stereocenters. The van der Waals surface area contributed by atoms with Gasteiger partial charge in [-0.05, 0) is 78.9 Å². The van der Waals surface area contributed by atoms with Crippen LogP contribution in [0.5, 0.6) is 0 Å². The normalized spacial score (nSPS) is 18.2. The van der Waals surface area contributed by atoms with Crippen LogP contribution in [0.25, 0.3) is 33.4 Å². The number of carbonyl (C=O) groups excluding carboxylic acids is 2. The largest absolute Gasteiger partial charge is 0.289 e.